The summed E-state index contributed by atoms with van der Waals surface area (Å²) >= 11 is 5.17. The van der Waals surface area contributed by atoms with Crippen molar-refractivity contribution in [1.29, 1.82) is 0 Å². The summed E-state index contributed by atoms with van der Waals surface area (Å²) in [5.74, 6) is 0.229. The lowest BCUT2D eigenvalue weighted by Gasteiger charge is -2.34. The van der Waals surface area contributed by atoms with Gasteiger partial charge in [0, 0.05) is 32.4 Å². The first-order chi connectivity index (χ1) is 13.3. The zero-order chi connectivity index (χ0) is 20.3. The van der Waals surface area contributed by atoms with Gasteiger partial charge in [-0.25, -0.2) is 8.42 Å². The lowest BCUT2D eigenvalue weighted by Crippen LogP contribution is -2.50. The monoisotopic (exact) mass is 419 g/mol. The molecule has 0 saturated carbocycles. The molecule has 3 rings (SSSR count). The largest absolute Gasteiger partial charge is 0.352 e. The van der Waals surface area contributed by atoms with Crippen molar-refractivity contribution >= 4 is 28.1 Å². The van der Waals surface area contributed by atoms with E-state index in [2.05, 4.69) is 18.8 Å². The predicted molar refractivity (Wildman–Crippen MR) is 111 cm³/mol. The van der Waals surface area contributed by atoms with Crippen LogP contribution < -0.4 is 0 Å². The first-order valence-electron chi connectivity index (χ1n) is 9.41. The fourth-order valence-electron chi connectivity index (χ4n) is 3.24. The maximum Gasteiger partial charge on any atom is 0.256 e. The van der Waals surface area contributed by atoms with Gasteiger partial charge in [0.15, 0.2) is 0 Å². The molecule has 2 heterocycles. The van der Waals surface area contributed by atoms with E-state index in [-0.39, 0.29) is 19.0 Å². The second kappa shape index (κ2) is 8.55. The van der Waals surface area contributed by atoms with Gasteiger partial charge in [0.05, 0.1) is 10.5 Å². The van der Waals surface area contributed by atoms with Gasteiger partial charge in [-0.2, -0.15) is 4.31 Å². The SMILES string of the molecule is CCC(C)c1ccc(S(=O)(=O)N2CCN(C(=O)c3ccc[nH]c3=S)CC2)cc1. The Hall–Kier alpha value is -2.03. The van der Waals surface area contributed by atoms with E-state index in [1.807, 2.05) is 12.1 Å². The summed E-state index contributed by atoms with van der Waals surface area (Å²) in [6.07, 6.45) is 2.68. The summed E-state index contributed by atoms with van der Waals surface area (Å²) in [4.78, 5) is 17.4. The van der Waals surface area contributed by atoms with Crippen molar-refractivity contribution in [1.82, 2.24) is 14.2 Å². The van der Waals surface area contributed by atoms with E-state index in [4.69, 9.17) is 12.2 Å². The van der Waals surface area contributed by atoms with Gasteiger partial charge < -0.3 is 9.88 Å². The van der Waals surface area contributed by atoms with Gasteiger partial charge in [-0.15, -0.1) is 0 Å². The number of nitrogens with zero attached hydrogens (tertiary/aromatic N) is 2. The van der Waals surface area contributed by atoms with E-state index >= 15 is 0 Å². The van der Waals surface area contributed by atoms with Gasteiger partial charge in [-0.05, 0) is 42.2 Å². The fraction of sp³-hybridized carbons (Fsp3) is 0.400. The number of hydrogen-bond donors (Lipinski definition) is 1. The molecule has 1 aromatic carbocycles. The number of piperazine rings is 1. The number of benzene rings is 1. The van der Waals surface area contributed by atoms with Crippen LogP contribution in [0.1, 0.15) is 42.1 Å². The molecule has 1 aliphatic rings. The Labute approximate surface area is 171 Å². The number of nitrogens with one attached hydrogen (secondary N) is 1. The standard InChI is InChI=1S/C20H25N3O3S2/c1-3-15(2)16-6-8-17(9-7-16)28(25,26)23-13-11-22(12-14-23)20(24)18-5-4-10-21-19(18)27/h4-10,15H,3,11-14H2,1-2H3,(H,21,27). The van der Waals surface area contributed by atoms with Crippen molar-refractivity contribution < 1.29 is 13.2 Å². The third kappa shape index (κ3) is 4.19. The van der Waals surface area contributed by atoms with E-state index in [1.54, 1.807) is 35.4 Å². The molecule has 1 unspecified atom stereocenters. The Morgan fingerprint density at radius 2 is 1.79 bits per heavy atom. The summed E-state index contributed by atoms with van der Waals surface area (Å²) in [7, 11) is -3.56. The van der Waals surface area contributed by atoms with Crippen LogP contribution in [0.25, 0.3) is 0 Å². The molecule has 1 atom stereocenters. The second-order valence-electron chi connectivity index (χ2n) is 6.99. The Balaban J connectivity index is 1.69. The number of aromatic amines is 1. The van der Waals surface area contributed by atoms with Crippen LogP contribution in [0.3, 0.4) is 0 Å². The van der Waals surface area contributed by atoms with E-state index in [1.165, 1.54) is 4.31 Å². The molecule has 1 saturated heterocycles. The number of aromatic nitrogens is 1. The van der Waals surface area contributed by atoms with E-state index in [0.29, 0.717) is 34.1 Å². The Kier molecular flexibility index (Phi) is 6.32. The van der Waals surface area contributed by atoms with Gasteiger partial charge in [0.1, 0.15) is 4.64 Å². The summed E-state index contributed by atoms with van der Waals surface area (Å²) < 4.78 is 27.7. The number of carbonyl (C=O) groups excluding carboxylic acids is 1. The van der Waals surface area contributed by atoms with E-state index < -0.39 is 10.0 Å². The molecule has 1 N–H and O–H groups in total. The molecule has 2 aromatic rings. The molecule has 28 heavy (non-hydrogen) atoms. The number of pyridine rings is 1. The molecule has 6 nitrogen and oxygen atoms in total. The molecule has 150 valence electrons. The number of carbonyl (C=O) groups is 1. The van der Waals surface area contributed by atoms with Gasteiger partial charge in [0.2, 0.25) is 10.0 Å². The smallest absolute Gasteiger partial charge is 0.256 e. The normalized spacial score (nSPS) is 16.7. The number of hydrogen-bond acceptors (Lipinski definition) is 4. The molecule has 0 radical (unpaired) electrons. The van der Waals surface area contributed by atoms with Crippen molar-refractivity contribution in [2.45, 2.75) is 31.1 Å². The topological polar surface area (TPSA) is 73.5 Å². The summed E-state index contributed by atoms with van der Waals surface area (Å²) in [6, 6.07) is 10.5. The Morgan fingerprint density at radius 1 is 1.14 bits per heavy atom. The zero-order valence-electron chi connectivity index (χ0n) is 16.1. The molecule has 0 aliphatic carbocycles. The summed E-state index contributed by atoms with van der Waals surface area (Å²) in [5.41, 5.74) is 1.57. The van der Waals surface area contributed by atoms with Gasteiger partial charge >= 0.3 is 0 Å². The zero-order valence-corrected chi connectivity index (χ0v) is 17.7. The maximum absolute atomic E-state index is 12.9. The highest BCUT2D eigenvalue weighted by atomic mass is 32.2. The molecule has 1 aromatic heterocycles. The molecular weight excluding hydrogens is 394 g/mol. The number of sulfonamides is 1. The first kappa shape index (κ1) is 20.7. The molecule has 1 fully saturated rings. The fourth-order valence-corrected chi connectivity index (χ4v) is 4.89. The van der Waals surface area contributed by atoms with Crippen LogP contribution in [-0.2, 0) is 10.0 Å². The maximum atomic E-state index is 12.9. The molecule has 8 heteroatoms. The van der Waals surface area contributed by atoms with Gasteiger partial charge in [-0.1, -0.05) is 38.2 Å². The third-order valence-electron chi connectivity index (χ3n) is 5.27. The highest BCUT2D eigenvalue weighted by molar-refractivity contribution is 7.89. The minimum Gasteiger partial charge on any atom is -0.352 e. The second-order valence-corrected chi connectivity index (χ2v) is 9.33. The van der Waals surface area contributed by atoms with Crippen LogP contribution in [0.4, 0.5) is 0 Å². The highest BCUT2D eigenvalue weighted by Gasteiger charge is 2.30. The molecular formula is C20H25N3O3S2. The lowest BCUT2D eigenvalue weighted by atomic mass is 9.99. The third-order valence-corrected chi connectivity index (χ3v) is 7.52. The van der Waals surface area contributed by atoms with E-state index in [0.717, 1.165) is 12.0 Å². The summed E-state index contributed by atoms with van der Waals surface area (Å²) in [5, 5.41) is 0. The van der Waals surface area contributed by atoms with E-state index in [9.17, 15) is 13.2 Å². The minimum absolute atomic E-state index is 0.170. The average molecular weight is 420 g/mol. The molecule has 0 bridgehead atoms. The first-order valence-corrected chi connectivity index (χ1v) is 11.3. The van der Waals surface area contributed by atoms with Gasteiger partial charge in [-0.3, -0.25) is 4.79 Å². The number of amides is 1. The predicted octanol–water partition coefficient (Wildman–Crippen LogP) is 3.40. The molecule has 1 aliphatic heterocycles. The van der Waals surface area contributed by atoms with Crippen molar-refractivity contribution in [3.8, 4) is 0 Å². The van der Waals surface area contributed by atoms with Crippen LogP contribution in [0, 0.1) is 4.64 Å². The average Bonchev–Trinajstić information content (AvgIpc) is 2.73. The van der Waals surface area contributed by atoms with Crippen LogP contribution in [0.15, 0.2) is 47.5 Å². The van der Waals surface area contributed by atoms with Crippen LogP contribution in [0.5, 0.6) is 0 Å². The van der Waals surface area contributed by atoms with Crippen LogP contribution in [0.2, 0.25) is 0 Å². The Morgan fingerprint density at radius 3 is 2.36 bits per heavy atom. The minimum atomic E-state index is -3.56. The highest BCUT2D eigenvalue weighted by Crippen LogP contribution is 2.23. The van der Waals surface area contributed by atoms with Gasteiger partial charge in [0.25, 0.3) is 5.91 Å². The lowest BCUT2D eigenvalue weighted by molar-refractivity contribution is 0.0697. The number of H-pyrrole nitrogens is 1. The van der Waals surface area contributed by atoms with Crippen molar-refractivity contribution in [2.75, 3.05) is 26.2 Å². The Bertz CT molecular complexity index is 992. The number of rotatable bonds is 5. The summed E-state index contributed by atoms with van der Waals surface area (Å²) in [6.45, 7) is 5.45. The van der Waals surface area contributed by atoms with Crippen LogP contribution in [-0.4, -0.2) is 54.7 Å². The van der Waals surface area contributed by atoms with Crippen molar-refractivity contribution in [3.05, 3.63) is 58.4 Å². The molecule has 0 spiro atoms. The van der Waals surface area contributed by atoms with Crippen molar-refractivity contribution in [3.63, 3.8) is 0 Å². The van der Waals surface area contributed by atoms with Crippen LogP contribution >= 0.6 is 12.2 Å². The van der Waals surface area contributed by atoms with Crippen molar-refractivity contribution in [2.24, 2.45) is 0 Å². The molecule has 1 amide bonds. The quantitative estimate of drug-likeness (QED) is 0.754.